The first-order valence-corrected chi connectivity index (χ1v) is 8.99. The van der Waals surface area contributed by atoms with E-state index in [1.54, 1.807) is 22.9 Å². The number of Topliss-reactive ketones (excluding diaryl/α,β-unsaturated/α-hetero) is 1. The molecule has 3 rings (SSSR count). The Balaban J connectivity index is 1.71. The van der Waals surface area contributed by atoms with Crippen LogP contribution in [0.1, 0.15) is 24.7 Å². The highest BCUT2D eigenvalue weighted by atomic mass is 35.5. The Bertz CT molecular complexity index is 972. The molecule has 0 bridgehead atoms. The second kappa shape index (κ2) is 8.39. The van der Waals surface area contributed by atoms with Crippen molar-refractivity contribution in [2.24, 2.45) is 0 Å². The van der Waals surface area contributed by atoms with E-state index < -0.39 is 5.82 Å². The minimum atomic E-state index is -0.547. The number of benzene rings is 2. The molecule has 0 aliphatic rings. The fourth-order valence-electron chi connectivity index (χ4n) is 2.76. The lowest BCUT2D eigenvalue weighted by molar-refractivity contribution is -0.118. The summed E-state index contributed by atoms with van der Waals surface area (Å²) in [5.41, 5.74) is 1.27. The lowest BCUT2D eigenvalue weighted by Crippen LogP contribution is -2.11. The second-order valence-electron chi connectivity index (χ2n) is 6.14. The van der Waals surface area contributed by atoms with E-state index in [0.717, 1.165) is 5.56 Å². The molecule has 3 aromatic rings. The minimum absolute atomic E-state index is 0.0183. The van der Waals surface area contributed by atoms with Crippen molar-refractivity contribution in [3.63, 3.8) is 0 Å². The smallest absolute Gasteiger partial charge is 0.181 e. The van der Waals surface area contributed by atoms with E-state index in [9.17, 15) is 13.6 Å². The molecule has 2 aromatic carbocycles. The van der Waals surface area contributed by atoms with Crippen molar-refractivity contribution in [2.45, 2.75) is 32.7 Å². The zero-order valence-corrected chi connectivity index (χ0v) is 15.5. The lowest BCUT2D eigenvalue weighted by Gasteiger charge is -2.03. The van der Waals surface area contributed by atoms with Gasteiger partial charge in [-0.05, 0) is 49.2 Å². The van der Waals surface area contributed by atoms with E-state index in [2.05, 4.69) is 10.1 Å². The Kier molecular flexibility index (Phi) is 5.96. The van der Waals surface area contributed by atoms with Crippen molar-refractivity contribution in [1.29, 1.82) is 0 Å². The molecule has 140 valence electrons. The van der Waals surface area contributed by atoms with Crippen LogP contribution in [-0.2, 0) is 24.2 Å². The van der Waals surface area contributed by atoms with Gasteiger partial charge in [-0.3, -0.25) is 4.79 Å². The maximum absolute atomic E-state index is 13.7. The normalized spacial score (nSPS) is 11.0. The molecule has 0 aliphatic heterocycles. The summed E-state index contributed by atoms with van der Waals surface area (Å²) in [5, 5.41) is 4.38. The van der Waals surface area contributed by atoms with Crippen molar-refractivity contribution >= 4 is 17.4 Å². The third-order valence-electron chi connectivity index (χ3n) is 4.16. The maximum Gasteiger partial charge on any atom is 0.181 e. The topological polar surface area (TPSA) is 47.8 Å². The van der Waals surface area contributed by atoms with Gasteiger partial charge in [0, 0.05) is 18.5 Å². The van der Waals surface area contributed by atoms with E-state index in [1.807, 2.05) is 6.92 Å². The van der Waals surface area contributed by atoms with Crippen molar-refractivity contribution in [2.75, 3.05) is 0 Å². The summed E-state index contributed by atoms with van der Waals surface area (Å²) in [6.07, 6.45) is 0.864. The molecule has 0 radical (unpaired) electrons. The van der Waals surface area contributed by atoms with Crippen LogP contribution in [-0.4, -0.2) is 20.5 Å². The molecule has 0 N–H and O–H groups in total. The van der Waals surface area contributed by atoms with Crippen molar-refractivity contribution in [3.05, 3.63) is 70.5 Å². The molecule has 7 heteroatoms. The predicted octanol–water partition coefficient (Wildman–Crippen LogP) is 4.64. The average molecular weight is 390 g/mol. The highest BCUT2D eigenvalue weighted by Gasteiger charge is 2.15. The summed E-state index contributed by atoms with van der Waals surface area (Å²) in [6, 6.07) is 10.6. The number of carbonyl (C=O) groups is 1. The van der Waals surface area contributed by atoms with Gasteiger partial charge in [0.2, 0.25) is 0 Å². The van der Waals surface area contributed by atoms with Crippen LogP contribution in [0.25, 0.3) is 11.4 Å². The van der Waals surface area contributed by atoms with Gasteiger partial charge in [0.15, 0.2) is 5.82 Å². The van der Waals surface area contributed by atoms with Crippen LogP contribution in [0.15, 0.2) is 42.5 Å². The summed E-state index contributed by atoms with van der Waals surface area (Å²) in [4.78, 5) is 16.7. The Hall–Kier alpha value is -2.60. The van der Waals surface area contributed by atoms with Gasteiger partial charge in [-0.2, -0.15) is 5.10 Å². The lowest BCUT2D eigenvalue weighted by atomic mass is 10.1. The van der Waals surface area contributed by atoms with Crippen LogP contribution in [0.2, 0.25) is 5.02 Å². The Morgan fingerprint density at radius 3 is 2.70 bits per heavy atom. The Labute approximate surface area is 160 Å². The van der Waals surface area contributed by atoms with Crippen LogP contribution in [0.3, 0.4) is 0 Å². The molecule has 0 aliphatic carbocycles. The molecule has 0 atom stereocenters. The summed E-state index contributed by atoms with van der Waals surface area (Å²) in [7, 11) is 0. The van der Waals surface area contributed by atoms with Gasteiger partial charge in [0.05, 0.1) is 11.4 Å². The van der Waals surface area contributed by atoms with Crippen molar-refractivity contribution in [3.8, 4) is 11.4 Å². The van der Waals surface area contributed by atoms with E-state index in [-0.39, 0.29) is 29.5 Å². The molecule has 0 saturated heterocycles. The summed E-state index contributed by atoms with van der Waals surface area (Å²) in [5.74, 6) is -0.0112. The zero-order chi connectivity index (χ0) is 19.4. The standard InChI is InChI=1S/C20H18ClF2N3O/c1-2-26-19(12-16(27)8-6-13-4-3-5-15(22)10-13)24-20(25-26)14-7-9-17(21)18(23)11-14/h3-5,7,9-11H,2,6,8,12H2,1H3. The molecule has 27 heavy (non-hydrogen) atoms. The number of nitrogens with zero attached hydrogens (tertiary/aromatic N) is 3. The third-order valence-corrected chi connectivity index (χ3v) is 4.47. The second-order valence-corrected chi connectivity index (χ2v) is 6.55. The van der Waals surface area contributed by atoms with E-state index in [1.165, 1.54) is 24.3 Å². The molecule has 1 heterocycles. The quantitative estimate of drug-likeness (QED) is 0.591. The molecule has 0 saturated carbocycles. The van der Waals surface area contributed by atoms with Gasteiger partial charge in [0.25, 0.3) is 0 Å². The van der Waals surface area contributed by atoms with Gasteiger partial charge in [-0.15, -0.1) is 0 Å². The van der Waals surface area contributed by atoms with Crippen molar-refractivity contribution in [1.82, 2.24) is 14.8 Å². The van der Waals surface area contributed by atoms with E-state index >= 15 is 0 Å². The zero-order valence-electron chi connectivity index (χ0n) is 14.8. The van der Waals surface area contributed by atoms with Crippen LogP contribution in [0.4, 0.5) is 8.78 Å². The number of carbonyl (C=O) groups excluding carboxylic acids is 1. The third kappa shape index (κ3) is 4.77. The number of aryl methyl sites for hydroxylation is 2. The minimum Gasteiger partial charge on any atom is -0.299 e. The summed E-state index contributed by atoms with van der Waals surface area (Å²) in [6.45, 7) is 2.43. The van der Waals surface area contributed by atoms with Crippen LogP contribution in [0, 0.1) is 11.6 Å². The van der Waals surface area contributed by atoms with Crippen LogP contribution >= 0.6 is 11.6 Å². The number of ketones is 1. The first kappa shape index (κ1) is 19.2. The first-order chi connectivity index (χ1) is 13.0. The van der Waals surface area contributed by atoms with Crippen LogP contribution in [0.5, 0.6) is 0 Å². The van der Waals surface area contributed by atoms with Gasteiger partial charge >= 0.3 is 0 Å². The Morgan fingerprint density at radius 1 is 1.19 bits per heavy atom. The summed E-state index contributed by atoms with van der Waals surface area (Å²) < 4.78 is 28.5. The molecular weight excluding hydrogens is 372 g/mol. The molecule has 0 fully saturated rings. The molecular formula is C20H18ClF2N3O. The highest BCUT2D eigenvalue weighted by molar-refractivity contribution is 6.30. The van der Waals surface area contributed by atoms with E-state index in [0.29, 0.717) is 30.2 Å². The molecule has 0 unspecified atom stereocenters. The predicted molar refractivity (Wildman–Crippen MR) is 99.5 cm³/mol. The Morgan fingerprint density at radius 2 is 2.00 bits per heavy atom. The van der Waals surface area contributed by atoms with Gasteiger partial charge in [-0.1, -0.05) is 23.7 Å². The number of halogens is 3. The number of aromatic nitrogens is 3. The number of hydrogen-bond acceptors (Lipinski definition) is 3. The summed E-state index contributed by atoms with van der Waals surface area (Å²) >= 11 is 5.71. The highest BCUT2D eigenvalue weighted by Crippen LogP contribution is 2.22. The SMILES string of the molecule is CCn1nc(-c2ccc(Cl)c(F)c2)nc1CC(=O)CCc1cccc(F)c1. The van der Waals surface area contributed by atoms with Gasteiger partial charge < -0.3 is 0 Å². The number of hydrogen-bond donors (Lipinski definition) is 0. The fourth-order valence-corrected chi connectivity index (χ4v) is 2.87. The van der Waals surface area contributed by atoms with E-state index in [4.69, 9.17) is 11.6 Å². The fraction of sp³-hybridized carbons (Fsp3) is 0.250. The first-order valence-electron chi connectivity index (χ1n) is 8.61. The van der Waals surface area contributed by atoms with Crippen molar-refractivity contribution < 1.29 is 13.6 Å². The molecule has 4 nitrogen and oxygen atoms in total. The largest absolute Gasteiger partial charge is 0.299 e. The maximum atomic E-state index is 13.7. The molecule has 0 amide bonds. The molecule has 1 aromatic heterocycles. The average Bonchev–Trinajstić information content (AvgIpc) is 3.05. The number of rotatable bonds is 7. The molecule has 0 spiro atoms. The van der Waals surface area contributed by atoms with Crippen LogP contribution < -0.4 is 0 Å². The van der Waals surface area contributed by atoms with Gasteiger partial charge in [-0.25, -0.2) is 18.4 Å². The monoisotopic (exact) mass is 389 g/mol. The van der Waals surface area contributed by atoms with Gasteiger partial charge in [0.1, 0.15) is 23.2 Å².